The number of hydrogen-bond donors (Lipinski definition) is 2. The molecule has 19 heavy (non-hydrogen) atoms. The molecule has 0 bridgehead atoms. The van der Waals surface area contributed by atoms with Gasteiger partial charge >= 0.3 is 0 Å². The van der Waals surface area contributed by atoms with Crippen LogP contribution in [-0.2, 0) is 11.3 Å². The second-order valence-electron chi connectivity index (χ2n) is 4.80. The van der Waals surface area contributed by atoms with Crippen molar-refractivity contribution in [1.29, 1.82) is 0 Å². The van der Waals surface area contributed by atoms with E-state index in [2.05, 4.69) is 10.2 Å². The fourth-order valence-corrected chi connectivity index (χ4v) is 2.52. The van der Waals surface area contributed by atoms with Crippen molar-refractivity contribution in [2.45, 2.75) is 25.9 Å². The molecule has 1 aromatic carbocycles. The number of ether oxygens (including phenoxy) is 1. The molecule has 104 valence electrons. The summed E-state index contributed by atoms with van der Waals surface area (Å²) in [4.78, 5) is 14.0. The highest BCUT2D eigenvalue weighted by molar-refractivity contribution is 5.82. The van der Waals surface area contributed by atoms with E-state index in [1.165, 1.54) is 0 Å². The standard InChI is InChI=1S/C14H21N3O2/c1-3-13-14(18)16-4-5-17(13)9-10-6-11(15)8-12(7-10)19-2/h6-8,13H,3-5,9,15H2,1-2H3,(H,16,18). The molecule has 1 heterocycles. The van der Waals surface area contributed by atoms with Gasteiger partial charge in [0.2, 0.25) is 5.91 Å². The summed E-state index contributed by atoms with van der Waals surface area (Å²) in [6.07, 6.45) is 0.811. The van der Waals surface area contributed by atoms with Gasteiger partial charge in [-0.2, -0.15) is 0 Å². The molecular formula is C14H21N3O2. The van der Waals surface area contributed by atoms with Crippen molar-refractivity contribution in [3.8, 4) is 5.75 Å². The van der Waals surface area contributed by atoms with Crippen molar-refractivity contribution >= 4 is 11.6 Å². The smallest absolute Gasteiger partial charge is 0.237 e. The molecule has 3 N–H and O–H groups in total. The number of benzene rings is 1. The Kier molecular flexibility index (Phi) is 4.27. The van der Waals surface area contributed by atoms with E-state index in [9.17, 15) is 4.79 Å². The largest absolute Gasteiger partial charge is 0.497 e. The van der Waals surface area contributed by atoms with Crippen molar-refractivity contribution in [2.24, 2.45) is 0 Å². The van der Waals surface area contributed by atoms with Crippen molar-refractivity contribution in [2.75, 3.05) is 25.9 Å². The van der Waals surface area contributed by atoms with Crippen LogP contribution in [0.4, 0.5) is 5.69 Å². The minimum absolute atomic E-state index is 0.0545. The molecule has 1 aliphatic heterocycles. The number of nitrogens with zero attached hydrogens (tertiary/aromatic N) is 1. The van der Waals surface area contributed by atoms with Gasteiger partial charge in [-0.1, -0.05) is 6.92 Å². The summed E-state index contributed by atoms with van der Waals surface area (Å²) in [5.74, 6) is 0.870. The number of piperazine rings is 1. The summed E-state index contributed by atoms with van der Waals surface area (Å²) in [6, 6.07) is 5.64. The quantitative estimate of drug-likeness (QED) is 0.795. The van der Waals surface area contributed by atoms with E-state index < -0.39 is 0 Å². The predicted molar refractivity (Wildman–Crippen MR) is 74.9 cm³/mol. The van der Waals surface area contributed by atoms with Gasteiger partial charge in [0.05, 0.1) is 13.2 Å². The lowest BCUT2D eigenvalue weighted by molar-refractivity contribution is -0.129. The van der Waals surface area contributed by atoms with E-state index in [1.807, 2.05) is 19.1 Å². The van der Waals surface area contributed by atoms with Gasteiger partial charge in [-0.05, 0) is 24.1 Å². The Bertz CT molecular complexity index is 462. The van der Waals surface area contributed by atoms with Gasteiger partial charge in [-0.3, -0.25) is 9.69 Å². The van der Waals surface area contributed by atoms with Crippen molar-refractivity contribution in [1.82, 2.24) is 10.2 Å². The lowest BCUT2D eigenvalue weighted by Gasteiger charge is -2.34. The Morgan fingerprint density at radius 3 is 2.95 bits per heavy atom. The molecule has 0 radical (unpaired) electrons. The van der Waals surface area contributed by atoms with Gasteiger partial charge in [0.25, 0.3) is 0 Å². The number of nitrogens with two attached hydrogens (primary N) is 1. The van der Waals surface area contributed by atoms with Crippen LogP contribution in [0.1, 0.15) is 18.9 Å². The third-order valence-electron chi connectivity index (χ3n) is 3.44. The summed E-state index contributed by atoms with van der Waals surface area (Å²) in [5, 5.41) is 2.90. The van der Waals surface area contributed by atoms with Crippen LogP contribution in [-0.4, -0.2) is 37.0 Å². The molecule has 0 spiro atoms. The van der Waals surface area contributed by atoms with Gasteiger partial charge in [0, 0.05) is 31.4 Å². The molecule has 1 fully saturated rings. The van der Waals surface area contributed by atoms with E-state index in [0.717, 1.165) is 24.3 Å². The van der Waals surface area contributed by atoms with Gasteiger partial charge in [0.15, 0.2) is 0 Å². The first-order valence-corrected chi connectivity index (χ1v) is 6.59. The van der Waals surface area contributed by atoms with Crippen LogP contribution in [0.5, 0.6) is 5.75 Å². The molecule has 1 atom stereocenters. The summed E-state index contributed by atoms with van der Waals surface area (Å²) in [6.45, 7) is 4.31. The molecule has 1 aliphatic rings. The average molecular weight is 263 g/mol. The fraction of sp³-hybridized carbons (Fsp3) is 0.500. The highest BCUT2D eigenvalue weighted by Gasteiger charge is 2.27. The number of nitrogens with one attached hydrogen (secondary N) is 1. The van der Waals surface area contributed by atoms with Crippen molar-refractivity contribution in [3.05, 3.63) is 23.8 Å². The summed E-state index contributed by atoms with van der Waals surface area (Å²) in [7, 11) is 1.63. The van der Waals surface area contributed by atoms with Crippen LogP contribution in [0.2, 0.25) is 0 Å². The molecule has 2 rings (SSSR count). The molecule has 1 saturated heterocycles. The van der Waals surface area contributed by atoms with Crippen LogP contribution >= 0.6 is 0 Å². The fourth-order valence-electron chi connectivity index (χ4n) is 2.52. The molecule has 1 amide bonds. The maximum Gasteiger partial charge on any atom is 0.237 e. The van der Waals surface area contributed by atoms with E-state index in [4.69, 9.17) is 10.5 Å². The summed E-state index contributed by atoms with van der Waals surface area (Å²) >= 11 is 0. The average Bonchev–Trinajstić information content (AvgIpc) is 2.38. The van der Waals surface area contributed by atoms with Gasteiger partial charge in [-0.15, -0.1) is 0 Å². The molecule has 1 aromatic rings. The minimum atomic E-state index is -0.0545. The predicted octanol–water partition coefficient (Wildman–Crippen LogP) is 0.988. The molecule has 5 heteroatoms. The van der Waals surface area contributed by atoms with E-state index in [-0.39, 0.29) is 11.9 Å². The maximum atomic E-state index is 11.8. The van der Waals surface area contributed by atoms with Crippen molar-refractivity contribution in [3.63, 3.8) is 0 Å². The monoisotopic (exact) mass is 263 g/mol. The maximum absolute atomic E-state index is 11.8. The number of amides is 1. The third-order valence-corrected chi connectivity index (χ3v) is 3.44. The molecule has 0 aromatic heterocycles. The van der Waals surface area contributed by atoms with Gasteiger partial charge < -0.3 is 15.8 Å². The van der Waals surface area contributed by atoms with E-state index >= 15 is 0 Å². The number of methoxy groups -OCH3 is 1. The normalized spacial score (nSPS) is 20.1. The highest BCUT2D eigenvalue weighted by atomic mass is 16.5. The summed E-state index contributed by atoms with van der Waals surface area (Å²) in [5.41, 5.74) is 7.61. The number of carbonyl (C=O) groups is 1. The van der Waals surface area contributed by atoms with Crippen LogP contribution < -0.4 is 15.8 Å². The lowest BCUT2D eigenvalue weighted by Crippen LogP contribution is -2.54. The first-order chi connectivity index (χ1) is 9.13. The Morgan fingerprint density at radius 2 is 2.26 bits per heavy atom. The lowest BCUT2D eigenvalue weighted by atomic mass is 10.1. The highest BCUT2D eigenvalue weighted by Crippen LogP contribution is 2.21. The number of nitrogen functional groups attached to an aromatic ring is 1. The molecule has 5 nitrogen and oxygen atoms in total. The number of anilines is 1. The van der Waals surface area contributed by atoms with E-state index in [1.54, 1.807) is 13.2 Å². The number of rotatable bonds is 4. The second kappa shape index (κ2) is 5.93. The molecule has 0 saturated carbocycles. The van der Waals surface area contributed by atoms with Crippen LogP contribution in [0.25, 0.3) is 0 Å². The first-order valence-electron chi connectivity index (χ1n) is 6.59. The second-order valence-corrected chi connectivity index (χ2v) is 4.80. The molecule has 1 unspecified atom stereocenters. The van der Waals surface area contributed by atoms with Crippen LogP contribution in [0.15, 0.2) is 18.2 Å². The SMILES string of the molecule is CCC1C(=O)NCCN1Cc1cc(N)cc(OC)c1. The Hall–Kier alpha value is -1.75. The van der Waals surface area contributed by atoms with Gasteiger partial charge in [-0.25, -0.2) is 0 Å². The topological polar surface area (TPSA) is 67.6 Å². The Balaban J connectivity index is 2.15. The zero-order valence-electron chi connectivity index (χ0n) is 11.5. The van der Waals surface area contributed by atoms with Gasteiger partial charge in [0.1, 0.15) is 5.75 Å². The summed E-state index contributed by atoms with van der Waals surface area (Å²) < 4.78 is 5.22. The number of carbonyl (C=O) groups excluding carboxylic acids is 1. The zero-order valence-corrected chi connectivity index (χ0v) is 11.5. The molecule has 0 aliphatic carbocycles. The first kappa shape index (κ1) is 13.7. The molecular weight excluding hydrogens is 242 g/mol. The third kappa shape index (κ3) is 3.17. The zero-order chi connectivity index (χ0) is 13.8. The Morgan fingerprint density at radius 1 is 1.47 bits per heavy atom. The number of hydrogen-bond acceptors (Lipinski definition) is 4. The van der Waals surface area contributed by atoms with E-state index in [0.29, 0.717) is 18.8 Å². The van der Waals surface area contributed by atoms with Crippen molar-refractivity contribution < 1.29 is 9.53 Å². The minimum Gasteiger partial charge on any atom is -0.497 e. The van der Waals surface area contributed by atoms with Crippen LogP contribution in [0, 0.1) is 0 Å². The van der Waals surface area contributed by atoms with Crippen LogP contribution in [0.3, 0.4) is 0 Å². The Labute approximate surface area is 113 Å².